The van der Waals surface area contributed by atoms with E-state index < -0.39 is 6.09 Å². The Labute approximate surface area is 149 Å². The molecule has 25 heavy (non-hydrogen) atoms. The number of unbranched alkanes of at least 4 members (excludes halogenated alkanes) is 1. The first-order chi connectivity index (χ1) is 12.1. The zero-order valence-electron chi connectivity index (χ0n) is 14.0. The van der Waals surface area contributed by atoms with E-state index in [9.17, 15) is 9.59 Å². The maximum Gasteiger partial charge on any atom is 0.404 e. The van der Waals surface area contributed by atoms with E-state index in [0.29, 0.717) is 25.4 Å². The summed E-state index contributed by atoms with van der Waals surface area (Å²) in [6, 6.07) is 1.92. The number of hydrogen-bond donors (Lipinski definition) is 4. The molecule has 9 heteroatoms. The maximum absolute atomic E-state index is 11.9. The van der Waals surface area contributed by atoms with Gasteiger partial charge in [-0.05, 0) is 31.2 Å². The van der Waals surface area contributed by atoms with E-state index in [1.54, 1.807) is 17.5 Å². The number of hydrogen-bond acceptors (Lipinski definition) is 6. The highest BCUT2D eigenvalue weighted by molar-refractivity contribution is 7.17. The number of nitrogens with one attached hydrogen (secondary N) is 3. The van der Waals surface area contributed by atoms with Crippen molar-refractivity contribution in [2.75, 3.05) is 36.9 Å². The number of carbonyl (C=O) groups is 2. The van der Waals surface area contributed by atoms with Crippen molar-refractivity contribution in [1.29, 1.82) is 0 Å². The van der Waals surface area contributed by atoms with Crippen LogP contribution in [-0.2, 0) is 9.53 Å². The predicted molar refractivity (Wildman–Crippen MR) is 98.5 cm³/mol. The highest BCUT2D eigenvalue weighted by atomic mass is 32.1. The van der Waals surface area contributed by atoms with Crippen LogP contribution in [0.1, 0.15) is 19.8 Å². The minimum absolute atomic E-state index is 0.000719. The van der Waals surface area contributed by atoms with Gasteiger partial charge in [0.05, 0.1) is 27.8 Å². The molecule has 4 N–H and O–H groups in total. The molecule has 0 aliphatic carbocycles. The lowest BCUT2D eigenvalue weighted by Gasteiger charge is -2.14. The highest BCUT2D eigenvalue weighted by Gasteiger charge is 2.12. The largest absolute Gasteiger partial charge is 0.465 e. The molecule has 0 aliphatic rings. The van der Waals surface area contributed by atoms with Gasteiger partial charge in [0.15, 0.2) is 0 Å². The van der Waals surface area contributed by atoms with Crippen LogP contribution in [0.4, 0.5) is 16.2 Å². The number of thiophene rings is 1. The van der Waals surface area contributed by atoms with Crippen LogP contribution in [-0.4, -0.2) is 48.4 Å². The van der Waals surface area contributed by atoms with Crippen molar-refractivity contribution in [1.82, 2.24) is 10.3 Å². The molecule has 0 saturated carbocycles. The lowest BCUT2D eigenvalue weighted by Crippen LogP contribution is -2.22. The lowest BCUT2D eigenvalue weighted by molar-refractivity contribution is -0.120. The second-order valence-corrected chi connectivity index (χ2v) is 6.15. The van der Waals surface area contributed by atoms with Crippen LogP contribution >= 0.6 is 11.3 Å². The van der Waals surface area contributed by atoms with Crippen LogP contribution in [0.25, 0.3) is 10.2 Å². The van der Waals surface area contributed by atoms with Crippen molar-refractivity contribution in [3.05, 3.63) is 17.6 Å². The third-order valence-corrected chi connectivity index (χ3v) is 4.29. The number of nitrogens with zero attached hydrogens (tertiary/aromatic N) is 1. The van der Waals surface area contributed by atoms with Crippen molar-refractivity contribution >= 4 is 44.9 Å². The molecule has 2 heterocycles. The Balaban J connectivity index is 1.99. The molecule has 0 unspecified atom stereocenters. The molecule has 0 aromatic carbocycles. The number of aromatic nitrogens is 1. The fraction of sp³-hybridized carbons (Fsp3) is 0.438. The third-order valence-electron chi connectivity index (χ3n) is 3.37. The zero-order valence-corrected chi connectivity index (χ0v) is 14.8. The van der Waals surface area contributed by atoms with E-state index in [0.717, 1.165) is 28.7 Å². The van der Waals surface area contributed by atoms with Gasteiger partial charge in [-0.2, -0.15) is 0 Å². The molecule has 0 radical (unpaired) electrons. The molecule has 0 saturated heterocycles. The molecule has 0 spiro atoms. The van der Waals surface area contributed by atoms with E-state index in [1.807, 2.05) is 18.4 Å². The number of anilines is 2. The molecule has 0 atom stereocenters. The van der Waals surface area contributed by atoms with Crippen molar-refractivity contribution in [3.8, 4) is 0 Å². The average molecular weight is 366 g/mol. The molecule has 2 rings (SSSR count). The number of amides is 2. The van der Waals surface area contributed by atoms with Crippen LogP contribution < -0.4 is 16.0 Å². The van der Waals surface area contributed by atoms with Crippen molar-refractivity contribution < 1.29 is 19.4 Å². The Bertz CT molecular complexity index is 719. The summed E-state index contributed by atoms with van der Waals surface area (Å²) in [7, 11) is 0. The number of carbonyl (C=O) groups excluding carboxylic acids is 1. The first-order valence-corrected chi connectivity index (χ1v) is 8.94. The van der Waals surface area contributed by atoms with Gasteiger partial charge < -0.3 is 25.8 Å². The molecule has 0 bridgehead atoms. The average Bonchev–Trinajstić information content (AvgIpc) is 3.06. The molecule has 0 fully saturated rings. The van der Waals surface area contributed by atoms with Gasteiger partial charge >= 0.3 is 6.09 Å². The summed E-state index contributed by atoms with van der Waals surface area (Å²) in [4.78, 5) is 26.7. The summed E-state index contributed by atoms with van der Waals surface area (Å²) >= 11 is 1.55. The quantitative estimate of drug-likeness (QED) is 0.481. The smallest absolute Gasteiger partial charge is 0.404 e. The van der Waals surface area contributed by atoms with E-state index >= 15 is 0 Å². The minimum Gasteiger partial charge on any atom is -0.465 e. The topological polar surface area (TPSA) is 113 Å². The summed E-state index contributed by atoms with van der Waals surface area (Å²) in [6.45, 7) is 3.38. The summed E-state index contributed by atoms with van der Waals surface area (Å²) < 4.78 is 6.09. The van der Waals surface area contributed by atoms with Crippen LogP contribution in [0.2, 0.25) is 0 Å². The van der Waals surface area contributed by atoms with Crippen molar-refractivity contribution in [3.63, 3.8) is 0 Å². The molecule has 8 nitrogen and oxygen atoms in total. The monoisotopic (exact) mass is 366 g/mol. The second kappa shape index (κ2) is 9.80. The van der Waals surface area contributed by atoms with Gasteiger partial charge in [-0.3, -0.25) is 9.78 Å². The van der Waals surface area contributed by atoms with E-state index in [-0.39, 0.29) is 12.5 Å². The van der Waals surface area contributed by atoms with E-state index in [4.69, 9.17) is 9.84 Å². The number of carboxylic acid groups (broad SMARTS) is 1. The van der Waals surface area contributed by atoms with Crippen molar-refractivity contribution in [2.24, 2.45) is 0 Å². The Hall–Kier alpha value is -2.39. The first-order valence-electron chi connectivity index (χ1n) is 8.06. The maximum atomic E-state index is 11.9. The number of ether oxygens (including phenoxy) is 1. The third kappa shape index (κ3) is 5.87. The van der Waals surface area contributed by atoms with E-state index in [2.05, 4.69) is 20.9 Å². The fourth-order valence-corrected chi connectivity index (χ4v) is 3.10. The minimum atomic E-state index is -1.01. The number of pyridine rings is 1. The van der Waals surface area contributed by atoms with Crippen LogP contribution in [0.3, 0.4) is 0 Å². The van der Waals surface area contributed by atoms with Gasteiger partial charge in [-0.1, -0.05) is 0 Å². The van der Waals surface area contributed by atoms with Gasteiger partial charge in [0.1, 0.15) is 6.61 Å². The summed E-state index contributed by atoms with van der Waals surface area (Å²) in [5, 5.41) is 19.0. The molecular weight excluding hydrogens is 344 g/mol. The Morgan fingerprint density at radius 1 is 1.32 bits per heavy atom. The lowest BCUT2D eigenvalue weighted by atomic mass is 10.2. The zero-order chi connectivity index (χ0) is 18.1. The standard InChI is InChI=1S/C16H22N4O4S/c1-2-24-10-13(21)20-12-9-19-11-5-8-25-15(11)14(12)17-6-3-4-7-18-16(22)23/h5,8-9,18H,2-4,6-7,10H2,1H3,(H,17,19)(H,20,21)(H,22,23). The summed E-state index contributed by atoms with van der Waals surface area (Å²) in [6.07, 6.45) is 2.14. The van der Waals surface area contributed by atoms with Crippen molar-refractivity contribution in [2.45, 2.75) is 19.8 Å². The Morgan fingerprint density at radius 2 is 2.12 bits per heavy atom. The van der Waals surface area contributed by atoms with Gasteiger partial charge in [0.2, 0.25) is 5.91 Å². The van der Waals surface area contributed by atoms with Crippen LogP contribution in [0.5, 0.6) is 0 Å². The Kier molecular flexibility index (Phi) is 7.42. The first kappa shape index (κ1) is 18.9. The molecule has 0 aliphatic heterocycles. The molecule has 2 aromatic rings. The van der Waals surface area contributed by atoms with Gasteiger partial charge in [0.25, 0.3) is 0 Å². The summed E-state index contributed by atoms with van der Waals surface area (Å²) in [5.74, 6) is -0.228. The normalized spacial score (nSPS) is 10.6. The van der Waals surface area contributed by atoms with Gasteiger partial charge in [0, 0.05) is 19.7 Å². The fourth-order valence-electron chi connectivity index (χ4n) is 2.22. The number of rotatable bonds is 10. The Morgan fingerprint density at radius 3 is 2.88 bits per heavy atom. The second-order valence-electron chi connectivity index (χ2n) is 5.23. The number of fused-ring (bicyclic) bond motifs is 1. The van der Waals surface area contributed by atoms with Crippen LogP contribution in [0, 0.1) is 0 Å². The molecule has 2 aromatic heterocycles. The van der Waals surface area contributed by atoms with Crippen LogP contribution in [0.15, 0.2) is 17.6 Å². The highest BCUT2D eigenvalue weighted by Crippen LogP contribution is 2.33. The molecule has 136 valence electrons. The van der Waals surface area contributed by atoms with Gasteiger partial charge in [-0.25, -0.2) is 4.79 Å². The molecular formula is C16H22N4O4S. The SMILES string of the molecule is CCOCC(=O)Nc1cnc2ccsc2c1NCCCCNC(=O)O. The van der Waals surface area contributed by atoms with Gasteiger partial charge in [-0.15, -0.1) is 11.3 Å². The molecule has 2 amide bonds. The predicted octanol–water partition coefficient (Wildman–Crippen LogP) is 2.73. The van der Waals surface area contributed by atoms with E-state index in [1.165, 1.54) is 0 Å². The summed E-state index contributed by atoms with van der Waals surface area (Å²) in [5.41, 5.74) is 2.31.